The number of aryl methyl sites for hydroxylation is 1. The van der Waals surface area contributed by atoms with Crippen LogP contribution in [0.15, 0.2) is 23.1 Å². The van der Waals surface area contributed by atoms with E-state index in [-0.39, 0.29) is 29.7 Å². The number of hydrogen-bond acceptors (Lipinski definition) is 5. The van der Waals surface area contributed by atoms with Crippen molar-refractivity contribution in [3.05, 3.63) is 33.9 Å². The molecule has 0 bridgehead atoms. The van der Waals surface area contributed by atoms with Crippen molar-refractivity contribution in [1.82, 2.24) is 9.62 Å². The minimum atomic E-state index is -4.00. The van der Waals surface area contributed by atoms with Crippen LogP contribution in [0.4, 0.5) is 5.69 Å². The molecule has 0 aromatic heterocycles. The second-order valence-corrected chi connectivity index (χ2v) is 7.27. The number of nitro benzene ring substituents is 1. The molecule has 9 heteroatoms. The first kappa shape index (κ1) is 19.0. The summed E-state index contributed by atoms with van der Waals surface area (Å²) in [5, 5.41) is 13.5. The number of amides is 1. The molecule has 0 aliphatic heterocycles. The summed E-state index contributed by atoms with van der Waals surface area (Å²) in [6.45, 7) is 6.45. The maximum absolute atomic E-state index is 12.7. The fourth-order valence-corrected chi connectivity index (χ4v) is 3.66. The molecule has 0 unspecified atom stereocenters. The number of carbonyl (C=O) groups is 1. The van der Waals surface area contributed by atoms with Crippen molar-refractivity contribution < 1.29 is 18.1 Å². The Morgan fingerprint density at radius 1 is 1.39 bits per heavy atom. The summed E-state index contributed by atoms with van der Waals surface area (Å²) >= 11 is 0. The number of sulfonamides is 1. The number of rotatable bonds is 7. The van der Waals surface area contributed by atoms with Gasteiger partial charge >= 0.3 is 0 Å². The van der Waals surface area contributed by atoms with Crippen LogP contribution >= 0.6 is 0 Å². The van der Waals surface area contributed by atoms with Gasteiger partial charge in [0, 0.05) is 24.7 Å². The Labute approximate surface area is 135 Å². The van der Waals surface area contributed by atoms with Crippen molar-refractivity contribution in [3.63, 3.8) is 0 Å². The molecule has 1 aromatic carbocycles. The zero-order chi connectivity index (χ0) is 17.8. The molecule has 0 aliphatic rings. The third-order valence-electron chi connectivity index (χ3n) is 3.12. The fourth-order valence-electron chi connectivity index (χ4n) is 2.01. The van der Waals surface area contributed by atoms with Gasteiger partial charge in [-0.25, -0.2) is 8.42 Å². The lowest BCUT2D eigenvalue weighted by Gasteiger charge is -2.21. The Hall–Kier alpha value is -2.00. The topological polar surface area (TPSA) is 110 Å². The Morgan fingerprint density at radius 2 is 2.00 bits per heavy atom. The Balaban J connectivity index is 3.19. The molecule has 1 aromatic rings. The minimum absolute atomic E-state index is 0.0793. The number of nitrogens with one attached hydrogen (secondary N) is 1. The molecule has 0 fully saturated rings. The highest BCUT2D eigenvalue weighted by molar-refractivity contribution is 7.89. The van der Waals surface area contributed by atoms with E-state index in [1.54, 1.807) is 27.7 Å². The van der Waals surface area contributed by atoms with Gasteiger partial charge in [0.1, 0.15) is 0 Å². The van der Waals surface area contributed by atoms with Gasteiger partial charge in [0.25, 0.3) is 5.69 Å². The molecule has 0 atom stereocenters. The maximum atomic E-state index is 12.7. The average Bonchev–Trinajstić information content (AvgIpc) is 2.43. The summed E-state index contributed by atoms with van der Waals surface area (Å²) in [6.07, 6.45) is 0. The third kappa shape index (κ3) is 4.73. The van der Waals surface area contributed by atoms with Crippen molar-refractivity contribution in [2.45, 2.75) is 38.6 Å². The monoisotopic (exact) mass is 343 g/mol. The van der Waals surface area contributed by atoms with E-state index in [4.69, 9.17) is 0 Å². The summed E-state index contributed by atoms with van der Waals surface area (Å²) in [7, 11) is -4.00. The predicted molar refractivity (Wildman–Crippen MR) is 85.5 cm³/mol. The molecule has 0 aliphatic carbocycles. The van der Waals surface area contributed by atoms with Gasteiger partial charge in [-0.1, -0.05) is 13.0 Å². The molecular formula is C14H21N3O5S. The standard InChI is InChI=1S/C14H21N3O5S/c1-5-16(9-14(18)15-10(2)3)23(21,22)13-8-12(17(19)20)7-6-11(13)4/h6-8,10H,5,9H2,1-4H3,(H,15,18). The first-order chi connectivity index (χ1) is 10.6. The lowest BCUT2D eigenvalue weighted by atomic mass is 10.2. The summed E-state index contributed by atoms with van der Waals surface area (Å²) in [5.74, 6) is -0.423. The molecule has 0 spiro atoms. The molecule has 1 N–H and O–H groups in total. The first-order valence-electron chi connectivity index (χ1n) is 7.14. The largest absolute Gasteiger partial charge is 0.353 e. The van der Waals surface area contributed by atoms with Crippen molar-refractivity contribution in [1.29, 1.82) is 0 Å². The van der Waals surface area contributed by atoms with Gasteiger partial charge in [-0.2, -0.15) is 4.31 Å². The van der Waals surface area contributed by atoms with Crippen LogP contribution in [-0.4, -0.2) is 42.7 Å². The molecule has 128 valence electrons. The van der Waals surface area contributed by atoms with Crippen LogP contribution in [0, 0.1) is 17.0 Å². The van der Waals surface area contributed by atoms with Gasteiger partial charge in [0.2, 0.25) is 15.9 Å². The Kier molecular flexibility index (Phi) is 6.22. The number of benzene rings is 1. The number of likely N-dealkylation sites (N-methyl/N-ethyl adjacent to an activating group) is 1. The smallest absolute Gasteiger partial charge is 0.270 e. The van der Waals surface area contributed by atoms with E-state index in [9.17, 15) is 23.3 Å². The summed E-state index contributed by atoms with van der Waals surface area (Å²) in [4.78, 5) is 21.9. The lowest BCUT2D eigenvalue weighted by molar-refractivity contribution is -0.385. The van der Waals surface area contributed by atoms with Crippen molar-refractivity contribution >= 4 is 21.6 Å². The van der Waals surface area contributed by atoms with E-state index < -0.39 is 20.9 Å². The van der Waals surface area contributed by atoms with Gasteiger partial charge in [0.05, 0.1) is 16.4 Å². The molecule has 0 heterocycles. The minimum Gasteiger partial charge on any atom is -0.353 e. The van der Waals surface area contributed by atoms with Crippen LogP contribution < -0.4 is 5.32 Å². The molecule has 0 radical (unpaired) electrons. The van der Waals surface area contributed by atoms with Gasteiger partial charge < -0.3 is 5.32 Å². The zero-order valence-electron chi connectivity index (χ0n) is 13.6. The number of nitro groups is 1. The third-order valence-corrected chi connectivity index (χ3v) is 5.19. The van der Waals surface area contributed by atoms with Gasteiger partial charge in [0.15, 0.2) is 0 Å². The highest BCUT2D eigenvalue weighted by Gasteiger charge is 2.28. The van der Waals surface area contributed by atoms with E-state index in [0.29, 0.717) is 5.56 Å². The van der Waals surface area contributed by atoms with Crippen LogP contribution in [0.3, 0.4) is 0 Å². The number of hydrogen-bond donors (Lipinski definition) is 1. The van der Waals surface area contributed by atoms with Crippen LogP contribution in [-0.2, 0) is 14.8 Å². The van der Waals surface area contributed by atoms with Gasteiger partial charge in [-0.15, -0.1) is 0 Å². The lowest BCUT2D eigenvalue weighted by Crippen LogP contribution is -2.42. The zero-order valence-corrected chi connectivity index (χ0v) is 14.4. The number of non-ortho nitro benzene ring substituents is 1. The van der Waals surface area contributed by atoms with Crippen molar-refractivity contribution in [3.8, 4) is 0 Å². The van der Waals surface area contributed by atoms with E-state index in [1.165, 1.54) is 12.1 Å². The molecule has 23 heavy (non-hydrogen) atoms. The first-order valence-corrected chi connectivity index (χ1v) is 8.58. The molecular weight excluding hydrogens is 322 g/mol. The van der Waals surface area contributed by atoms with E-state index >= 15 is 0 Å². The van der Waals surface area contributed by atoms with Crippen molar-refractivity contribution in [2.24, 2.45) is 0 Å². The van der Waals surface area contributed by atoms with Crippen molar-refractivity contribution in [2.75, 3.05) is 13.1 Å². The SMILES string of the molecule is CCN(CC(=O)NC(C)C)S(=O)(=O)c1cc([N+](=O)[O-])ccc1C. The Bertz CT molecular complexity index is 700. The predicted octanol–water partition coefficient (Wildman–Crippen LogP) is 1.44. The summed E-state index contributed by atoms with van der Waals surface area (Å²) in [6, 6.07) is 3.54. The number of carbonyl (C=O) groups excluding carboxylic acids is 1. The van der Waals surface area contributed by atoms with E-state index in [1.807, 2.05) is 0 Å². The molecule has 0 saturated heterocycles. The molecule has 1 amide bonds. The molecule has 8 nitrogen and oxygen atoms in total. The molecule has 0 saturated carbocycles. The van der Waals surface area contributed by atoms with Crippen LogP contribution in [0.25, 0.3) is 0 Å². The normalized spacial score (nSPS) is 11.7. The van der Waals surface area contributed by atoms with E-state index in [2.05, 4.69) is 5.32 Å². The number of nitrogens with zero attached hydrogens (tertiary/aromatic N) is 2. The van der Waals surface area contributed by atoms with Crippen LogP contribution in [0.1, 0.15) is 26.3 Å². The highest BCUT2D eigenvalue weighted by Crippen LogP contribution is 2.24. The summed E-state index contributed by atoms with van der Waals surface area (Å²) < 4.78 is 26.4. The van der Waals surface area contributed by atoms with E-state index in [0.717, 1.165) is 10.4 Å². The maximum Gasteiger partial charge on any atom is 0.270 e. The van der Waals surface area contributed by atoms with Gasteiger partial charge in [-0.3, -0.25) is 14.9 Å². The average molecular weight is 343 g/mol. The highest BCUT2D eigenvalue weighted by atomic mass is 32.2. The second kappa shape index (κ2) is 7.51. The quantitative estimate of drug-likeness (QED) is 0.595. The van der Waals surface area contributed by atoms with Gasteiger partial charge in [-0.05, 0) is 26.3 Å². The fraction of sp³-hybridized carbons (Fsp3) is 0.500. The Morgan fingerprint density at radius 3 is 2.48 bits per heavy atom. The summed E-state index contributed by atoms with van der Waals surface area (Å²) in [5.41, 5.74) is 0.0789. The van der Waals surface area contributed by atoms with Crippen LogP contribution in [0.2, 0.25) is 0 Å². The van der Waals surface area contributed by atoms with Crippen LogP contribution in [0.5, 0.6) is 0 Å². The molecule has 1 rings (SSSR count). The second-order valence-electron chi connectivity index (χ2n) is 5.36.